The van der Waals surface area contributed by atoms with Gasteiger partial charge in [-0.2, -0.15) is 0 Å². The Kier molecular flexibility index (Phi) is 9.19. The highest BCUT2D eigenvalue weighted by atomic mass is 16.6. The predicted molar refractivity (Wildman–Crippen MR) is 189 cm³/mol. The molecule has 5 aromatic rings. The maximum absolute atomic E-state index is 13.8. The Morgan fingerprint density at radius 2 is 1.24 bits per heavy atom. The largest absolute Gasteiger partial charge is 0.507 e. The molecule has 0 aromatic heterocycles. The Labute approximate surface area is 293 Å². The molecule has 5 aromatic carbocycles. The molecule has 2 aliphatic rings. The van der Waals surface area contributed by atoms with E-state index in [0.717, 1.165) is 0 Å². The van der Waals surface area contributed by atoms with Crippen LogP contribution in [-0.4, -0.2) is 64.4 Å². The number of benzene rings is 5. The van der Waals surface area contributed by atoms with Gasteiger partial charge in [0.25, 0.3) is 0 Å². The minimum Gasteiger partial charge on any atom is -0.507 e. The summed E-state index contributed by atoms with van der Waals surface area (Å²) in [5.74, 6) is -2.57. The maximum atomic E-state index is 13.8. The zero-order chi connectivity index (χ0) is 35.7. The van der Waals surface area contributed by atoms with Crippen molar-refractivity contribution in [3.05, 3.63) is 149 Å². The van der Waals surface area contributed by atoms with Gasteiger partial charge in [-0.05, 0) is 23.1 Å². The number of hydrogen-bond donors (Lipinski definition) is 5. The second kappa shape index (κ2) is 13.9. The van der Waals surface area contributed by atoms with E-state index in [9.17, 15) is 34.6 Å². The van der Waals surface area contributed by atoms with Crippen molar-refractivity contribution in [3.63, 3.8) is 0 Å². The van der Waals surface area contributed by atoms with Gasteiger partial charge < -0.3 is 34.3 Å². The molecule has 2 aliphatic carbocycles. The van der Waals surface area contributed by atoms with Gasteiger partial charge in [0.15, 0.2) is 11.6 Å². The van der Waals surface area contributed by atoms with E-state index < -0.39 is 72.8 Å². The van der Waals surface area contributed by atoms with Gasteiger partial charge in [0, 0.05) is 40.8 Å². The van der Waals surface area contributed by atoms with Gasteiger partial charge in [0.05, 0.1) is 22.8 Å². The van der Waals surface area contributed by atoms with Gasteiger partial charge in [-0.25, -0.2) is 4.79 Å². The van der Waals surface area contributed by atoms with Crippen molar-refractivity contribution in [2.24, 2.45) is 0 Å². The molecule has 254 valence electrons. The quantitative estimate of drug-likeness (QED) is 0.112. The summed E-state index contributed by atoms with van der Waals surface area (Å²) in [6.45, 7) is -0.511. The van der Waals surface area contributed by atoms with E-state index in [1.54, 1.807) is 103 Å². The third-order valence-electron chi connectivity index (χ3n) is 9.15. The maximum Gasteiger partial charge on any atom is 0.491 e. The van der Waals surface area contributed by atoms with Gasteiger partial charge in [-0.3, -0.25) is 14.9 Å². The first-order valence-electron chi connectivity index (χ1n) is 16.2. The lowest BCUT2D eigenvalue weighted by Gasteiger charge is -2.43. The minimum atomic E-state index is -1.69. The molecule has 11 nitrogen and oxygen atoms in total. The molecule has 0 saturated heterocycles. The van der Waals surface area contributed by atoms with Crippen LogP contribution in [0.1, 0.15) is 55.5 Å². The molecule has 0 unspecified atom stereocenters. The van der Waals surface area contributed by atoms with Gasteiger partial charge in [-0.1, -0.05) is 103 Å². The number of ketones is 2. The first-order valence-corrected chi connectivity index (χ1v) is 16.2. The molecule has 0 saturated carbocycles. The van der Waals surface area contributed by atoms with Gasteiger partial charge in [0.1, 0.15) is 18.1 Å². The number of hydrogen-bond acceptors (Lipinski definition) is 10. The fraction of sp³-hybridized carbons (Fsp3) is 0.132. The third kappa shape index (κ3) is 6.51. The zero-order valence-electron chi connectivity index (χ0n) is 27.1. The Hall–Kier alpha value is -5.72. The second-order valence-corrected chi connectivity index (χ2v) is 12.4. The monoisotopic (exact) mass is 683 g/mol. The van der Waals surface area contributed by atoms with Gasteiger partial charge >= 0.3 is 20.3 Å². The SMILES string of the molecule is O=C(Nc1ccccc1)OC[C@]1(OB(O)c2ccccc2)Cc2c(O)c3c(c(O)c2[C@@H](OB(O)c2ccccc2)C1)C(=O)c1ccccc1C3=O. The molecule has 0 heterocycles. The van der Waals surface area contributed by atoms with E-state index >= 15 is 0 Å². The number of rotatable bonds is 9. The Bertz CT molecular complexity index is 2120. The molecule has 1 amide bonds. The summed E-state index contributed by atoms with van der Waals surface area (Å²) in [5, 5.41) is 49.0. The molecule has 0 aliphatic heterocycles. The normalized spacial score (nSPS) is 17.5. The fourth-order valence-corrected chi connectivity index (χ4v) is 6.74. The summed E-state index contributed by atoms with van der Waals surface area (Å²) in [4.78, 5) is 40.7. The summed E-state index contributed by atoms with van der Waals surface area (Å²) in [7, 11) is -3.14. The van der Waals surface area contributed by atoms with Crippen molar-refractivity contribution in [3.8, 4) is 11.5 Å². The van der Waals surface area contributed by atoms with Crippen LogP contribution in [0, 0.1) is 0 Å². The van der Waals surface area contributed by atoms with Crippen LogP contribution in [0.15, 0.2) is 115 Å². The molecule has 7 rings (SSSR count). The predicted octanol–water partition coefficient (Wildman–Crippen LogP) is 3.66. The Morgan fingerprint density at radius 1 is 0.725 bits per heavy atom. The van der Waals surface area contributed by atoms with E-state index in [1.807, 2.05) is 0 Å². The number of phenolic OH excluding ortho intramolecular Hbond substituents is 2. The molecule has 0 spiro atoms. The summed E-state index contributed by atoms with van der Waals surface area (Å²) >= 11 is 0. The molecule has 5 N–H and O–H groups in total. The Balaban J connectivity index is 1.35. The van der Waals surface area contributed by atoms with E-state index in [2.05, 4.69) is 5.32 Å². The smallest absolute Gasteiger partial charge is 0.491 e. The van der Waals surface area contributed by atoms with Crippen molar-refractivity contribution in [1.82, 2.24) is 0 Å². The molecular weight excluding hydrogens is 652 g/mol. The number of aromatic hydroxyl groups is 2. The summed E-state index contributed by atoms with van der Waals surface area (Å²) in [5.41, 5.74) is -1.28. The van der Waals surface area contributed by atoms with Crippen molar-refractivity contribution < 1.29 is 48.7 Å². The first-order chi connectivity index (χ1) is 24.7. The lowest BCUT2D eigenvalue weighted by atomic mass is 9.70. The Morgan fingerprint density at radius 3 is 1.82 bits per heavy atom. The topological polar surface area (TPSA) is 172 Å². The van der Waals surface area contributed by atoms with E-state index in [-0.39, 0.29) is 35.1 Å². The number of carbonyl (C=O) groups is 3. The van der Waals surface area contributed by atoms with Crippen molar-refractivity contribution in [2.45, 2.75) is 24.5 Å². The van der Waals surface area contributed by atoms with Crippen LogP contribution in [0.5, 0.6) is 11.5 Å². The van der Waals surface area contributed by atoms with Crippen molar-refractivity contribution in [2.75, 3.05) is 11.9 Å². The first kappa shape index (κ1) is 33.8. The number of amides is 1. The van der Waals surface area contributed by atoms with Crippen LogP contribution >= 0.6 is 0 Å². The molecular formula is C38H31B2NO10. The van der Waals surface area contributed by atoms with E-state index in [4.69, 9.17) is 14.0 Å². The van der Waals surface area contributed by atoms with Crippen molar-refractivity contribution >= 4 is 48.5 Å². The summed E-state index contributed by atoms with van der Waals surface area (Å²) in [6.07, 6.45) is -2.75. The highest BCUT2D eigenvalue weighted by molar-refractivity contribution is 6.60. The van der Waals surface area contributed by atoms with Crippen LogP contribution in [0.2, 0.25) is 0 Å². The average Bonchev–Trinajstić information content (AvgIpc) is 3.15. The number of fused-ring (bicyclic) bond motifs is 3. The van der Waals surface area contributed by atoms with Crippen LogP contribution in [-0.2, 0) is 20.5 Å². The summed E-state index contributed by atoms with van der Waals surface area (Å²) in [6, 6.07) is 31.5. The molecule has 0 bridgehead atoms. The lowest BCUT2D eigenvalue weighted by molar-refractivity contribution is -0.0495. The van der Waals surface area contributed by atoms with Crippen LogP contribution in [0.3, 0.4) is 0 Å². The summed E-state index contributed by atoms with van der Waals surface area (Å²) < 4.78 is 18.2. The number of para-hydroxylation sites is 1. The van der Waals surface area contributed by atoms with Gasteiger partial charge in [0.2, 0.25) is 0 Å². The van der Waals surface area contributed by atoms with Gasteiger partial charge in [-0.15, -0.1) is 0 Å². The number of anilines is 1. The highest BCUT2D eigenvalue weighted by Crippen LogP contribution is 2.52. The molecule has 0 fully saturated rings. The number of phenols is 2. The van der Waals surface area contributed by atoms with Crippen LogP contribution in [0.25, 0.3) is 0 Å². The van der Waals surface area contributed by atoms with Crippen LogP contribution < -0.4 is 16.2 Å². The second-order valence-electron chi connectivity index (χ2n) is 12.4. The average molecular weight is 683 g/mol. The minimum absolute atomic E-state index is 0.0457. The highest BCUT2D eigenvalue weighted by Gasteiger charge is 2.50. The van der Waals surface area contributed by atoms with E-state index in [1.165, 1.54) is 12.1 Å². The molecule has 0 radical (unpaired) electrons. The standard InChI is InChI=1S/C38H31B2NO10/c42-33-26-18-10-11-19-27(26)34(43)32-31(33)35(44)28-20-38(51-40(48)24-14-6-2-7-15-24,22-49-37(46)41-25-16-8-3-9-17-25)21-29(30(28)36(32)45)50-39(47)23-12-4-1-5-13-23/h1-19,29,44-45,47-48H,20-22H2,(H,41,46)/t29-,38-/m0/s1. The third-order valence-corrected chi connectivity index (χ3v) is 9.15. The molecule has 2 atom stereocenters. The number of carbonyl (C=O) groups excluding carboxylic acids is 3. The molecule has 51 heavy (non-hydrogen) atoms. The van der Waals surface area contributed by atoms with Crippen molar-refractivity contribution in [1.29, 1.82) is 0 Å². The number of nitrogens with one attached hydrogen (secondary N) is 1. The lowest BCUT2D eigenvalue weighted by Crippen LogP contribution is -2.53. The molecule has 13 heteroatoms. The number of ether oxygens (including phenoxy) is 1. The van der Waals surface area contributed by atoms with E-state index in [0.29, 0.717) is 16.6 Å². The van der Waals surface area contributed by atoms with Crippen LogP contribution in [0.4, 0.5) is 10.5 Å². The fourth-order valence-electron chi connectivity index (χ4n) is 6.74. The zero-order valence-corrected chi connectivity index (χ0v) is 27.1.